The first-order valence-electron chi connectivity index (χ1n) is 9.30. The number of benzene rings is 2. The van der Waals surface area contributed by atoms with E-state index in [0.29, 0.717) is 37.0 Å². The molecule has 0 bridgehead atoms. The minimum atomic E-state index is -0.732. The summed E-state index contributed by atoms with van der Waals surface area (Å²) < 4.78 is 17.3. The third-order valence-corrected chi connectivity index (χ3v) is 4.73. The zero-order chi connectivity index (χ0) is 19.7. The van der Waals surface area contributed by atoms with Crippen LogP contribution in [0.5, 0.6) is 17.2 Å². The van der Waals surface area contributed by atoms with Gasteiger partial charge in [-0.25, -0.2) is 0 Å². The van der Waals surface area contributed by atoms with Crippen molar-refractivity contribution in [3.8, 4) is 17.2 Å². The quantitative estimate of drug-likeness (QED) is 0.860. The summed E-state index contributed by atoms with van der Waals surface area (Å²) in [4.78, 5) is 26.3. The van der Waals surface area contributed by atoms with Gasteiger partial charge in [0.25, 0.3) is 5.91 Å². The molecule has 2 aromatic carbocycles. The van der Waals surface area contributed by atoms with Gasteiger partial charge >= 0.3 is 0 Å². The van der Waals surface area contributed by atoms with Gasteiger partial charge in [0.2, 0.25) is 5.91 Å². The lowest BCUT2D eigenvalue weighted by molar-refractivity contribution is -0.126. The molecule has 0 saturated carbocycles. The number of hydrogen-bond acceptors (Lipinski definition) is 5. The molecular weight excluding hydrogens is 360 g/mol. The summed E-state index contributed by atoms with van der Waals surface area (Å²) in [6.45, 7) is 4.49. The molecule has 0 fully saturated rings. The molecule has 1 N–H and O–H groups in total. The van der Waals surface area contributed by atoms with Crippen molar-refractivity contribution in [1.29, 1.82) is 0 Å². The van der Waals surface area contributed by atoms with Crippen LogP contribution in [0, 0.1) is 0 Å². The van der Waals surface area contributed by atoms with Crippen LogP contribution in [-0.4, -0.2) is 37.7 Å². The number of carbonyl (C=O) groups is 2. The van der Waals surface area contributed by atoms with E-state index in [2.05, 4.69) is 5.32 Å². The molecule has 0 spiro atoms. The van der Waals surface area contributed by atoms with Crippen LogP contribution in [0.2, 0.25) is 0 Å². The molecule has 2 aliphatic heterocycles. The predicted molar refractivity (Wildman–Crippen MR) is 103 cm³/mol. The van der Waals surface area contributed by atoms with Gasteiger partial charge in [0.05, 0.1) is 13.2 Å². The van der Waals surface area contributed by atoms with E-state index >= 15 is 0 Å². The monoisotopic (exact) mass is 382 g/mol. The van der Waals surface area contributed by atoms with Gasteiger partial charge in [-0.05, 0) is 37.3 Å². The van der Waals surface area contributed by atoms with Gasteiger partial charge in [0, 0.05) is 18.2 Å². The van der Waals surface area contributed by atoms with Gasteiger partial charge in [-0.2, -0.15) is 0 Å². The number of hydrogen-bond donors (Lipinski definition) is 1. The summed E-state index contributed by atoms with van der Waals surface area (Å²) in [5, 5.41) is 2.74. The highest BCUT2D eigenvalue weighted by Gasteiger charge is 2.40. The van der Waals surface area contributed by atoms with Gasteiger partial charge < -0.3 is 24.4 Å². The molecule has 2 aromatic rings. The number of nitrogens with one attached hydrogen (secondary N) is 1. The Morgan fingerprint density at radius 1 is 1.25 bits per heavy atom. The Morgan fingerprint density at radius 3 is 2.79 bits per heavy atom. The van der Waals surface area contributed by atoms with Crippen LogP contribution in [0.4, 0.5) is 5.69 Å². The van der Waals surface area contributed by atoms with E-state index < -0.39 is 6.04 Å². The van der Waals surface area contributed by atoms with Crippen molar-refractivity contribution < 1.29 is 23.8 Å². The molecule has 2 aliphatic rings. The van der Waals surface area contributed by atoms with Crippen molar-refractivity contribution in [2.24, 2.45) is 0 Å². The minimum Gasteiger partial charge on any atom is -0.494 e. The number of ether oxygens (including phenoxy) is 3. The van der Waals surface area contributed by atoms with E-state index in [1.54, 1.807) is 4.90 Å². The van der Waals surface area contributed by atoms with Gasteiger partial charge in [0.1, 0.15) is 18.4 Å². The van der Waals surface area contributed by atoms with E-state index in [1.165, 1.54) is 6.92 Å². The van der Waals surface area contributed by atoms with Gasteiger partial charge in [0.15, 0.2) is 17.6 Å². The smallest absolute Gasteiger partial charge is 0.254 e. The van der Waals surface area contributed by atoms with Gasteiger partial charge in [-0.3, -0.25) is 9.59 Å². The number of fused-ring (bicyclic) bond motifs is 2. The Hall–Kier alpha value is -3.22. The lowest BCUT2D eigenvalue weighted by atomic mass is 10.1. The molecule has 2 amide bonds. The summed E-state index contributed by atoms with van der Waals surface area (Å²) in [7, 11) is 0. The number of nitrogens with zero attached hydrogens (tertiary/aromatic N) is 1. The molecule has 2 heterocycles. The second kappa shape index (κ2) is 7.42. The first kappa shape index (κ1) is 18.2. The summed E-state index contributed by atoms with van der Waals surface area (Å²) in [6, 6.07) is 12.2. The molecule has 7 heteroatoms. The van der Waals surface area contributed by atoms with Crippen LogP contribution in [-0.2, 0) is 9.59 Å². The number of anilines is 1. The molecule has 28 heavy (non-hydrogen) atoms. The fourth-order valence-electron chi connectivity index (χ4n) is 3.56. The van der Waals surface area contributed by atoms with Crippen LogP contribution in [0.15, 0.2) is 42.5 Å². The maximum Gasteiger partial charge on any atom is 0.254 e. The van der Waals surface area contributed by atoms with Gasteiger partial charge in [-0.1, -0.05) is 12.1 Å². The van der Waals surface area contributed by atoms with Crippen molar-refractivity contribution in [2.75, 3.05) is 24.7 Å². The Bertz CT molecular complexity index is 913. The largest absolute Gasteiger partial charge is 0.494 e. The fraction of sp³-hybridized carbons (Fsp3) is 0.333. The topological polar surface area (TPSA) is 77.1 Å². The molecule has 0 radical (unpaired) electrons. The van der Waals surface area contributed by atoms with Crippen molar-refractivity contribution >= 4 is 17.5 Å². The van der Waals surface area contributed by atoms with E-state index in [0.717, 1.165) is 11.3 Å². The number of amides is 2. The van der Waals surface area contributed by atoms with Crippen LogP contribution < -0.4 is 24.4 Å². The Morgan fingerprint density at radius 2 is 2.04 bits per heavy atom. The highest BCUT2D eigenvalue weighted by atomic mass is 16.6. The van der Waals surface area contributed by atoms with Crippen LogP contribution in [0.1, 0.15) is 25.5 Å². The van der Waals surface area contributed by atoms with Crippen LogP contribution >= 0.6 is 0 Å². The predicted octanol–water partition coefficient (Wildman–Crippen LogP) is 2.45. The molecular formula is C21H22N2O5. The highest BCUT2D eigenvalue weighted by molar-refractivity contribution is 6.06. The Balaban J connectivity index is 1.59. The first-order valence-corrected chi connectivity index (χ1v) is 9.30. The maximum atomic E-state index is 13.1. The maximum absolute atomic E-state index is 13.1. The summed E-state index contributed by atoms with van der Waals surface area (Å²) in [5.74, 6) is 1.57. The molecule has 0 unspecified atom stereocenters. The number of rotatable bonds is 5. The molecule has 0 saturated heterocycles. The Kier molecular flexibility index (Phi) is 4.81. The molecule has 0 aliphatic carbocycles. The first-order chi connectivity index (χ1) is 13.6. The second-order valence-corrected chi connectivity index (χ2v) is 6.73. The van der Waals surface area contributed by atoms with Gasteiger partial charge in [-0.15, -0.1) is 0 Å². The normalized spacial score (nSPS) is 19.9. The lowest BCUT2D eigenvalue weighted by Crippen LogP contribution is -2.44. The third-order valence-electron chi connectivity index (χ3n) is 4.73. The zero-order valence-electron chi connectivity index (χ0n) is 15.8. The Labute approximate surface area is 163 Å². The van der Waals surface area contributed by atoms with Crippen molar-refractivity contribution in [3.63, 3.8) is 0 Å². The molecule has 0 aromatic heterocycles. The second-order valence-electron chi connectivity index (χ2n) is 6.73. The molecule has 4 rings (SSSR count). The van der Waals surface area contributed by atoms with E-state index in [9.17, 15) is 9.59 Å². The van der Waals surface area contributed by atoms with Crippen molar-refractivity contribution in [2.45, 2.75) is 26.0 Å². The minimum absolute atomic E-state index is 0.193. The lowest BCUT2D eigenvalue weighted by Gasteiger charge is -2.30. The SMILES string of the molecule is CCOc1ccc2c(c1)[C@@H](NC(C)=O)C(=O)N2C[C@H]1COc2ccccc2O1. The van der Waals surface area contributed by atoms with Crippen LogP contribution in [0.3, 0.4) is 0 Å². The summed E-state index contributed by atoms with van der Waals surface area (Å²) in [6.07, 6.45) is -0.311. The van der Waals surface area contributed by atoms with E-state index in [4.69, 9.17) is 14.2 Å². The average Bonchev–Trinajstić information content (AvgIpc) is 2.93. The van der Waals surface area contributed by atoms with Crippen molar-refractivity contribution in [1.82, 2.24) is 5.32 Å². The summed E-state index contributed by atoms with van der Waals surface area (Å²) in [5.41, 5.74) is 1.47. The van der Waals surface area contributed by atoms with E-state index in [1.807, 2.05) is 49.4 Å². The van der Waals surface area contributed by atoms with E-state index in [-0.39, 0.29) is 17.9 Å². The number of para-hydroxylation sites is 2. The average molecular weight is 382 g/mol. The van der Waals surface area contributed by atoms with Crippen LogP contribution in [0.25, 0.3) is 0 Å². The molecule has 146 valence electrons. The fourth-order valence-corrected chi connectivity index (χ4v) is 3.56. The standard InChI is InChI=1S/C21H22N2O5/c1-3-26-14-8-9-17-16(10-14)20(22-13(2)24)21(25)23(17)11-15-12-27-18-6-4-5-7-19(18)28-15/h4-10,15,20H,3,11-12H2,1-2H3,(H,22,24)/t15-,20+/m0/s1. The molecule has 7 nitrogen and oxygen atoms in total. The number of carbonyl (C=O) groups excluding carboxylic acids is 2. The van der Waals surface area contributed by atoms with Crippen molar-refractivity contribution in [3.05, 3.63) is 48.0 Å². The molecule has 2 atom stereocenters. The zero-order valence-corrected chi connectivity index (χ0v) is 15.8. The highest BCUT2D eigenvalue weighted by Crippen LogP contribution is 2.39. The summed E-state index contributed by atoms with van der Waals surface area (Å²) >= 11 is 0. The third kappa shape index (κ3) is 3.35.